The second-order valence-electron chi connectivity index (χ2n) is 5.13. The Morgan fingerprint density at radius 2 is 2.33 bits per heavy atom. The van der Waals surface area contributed by atoms with Gasteiger partial charge in [-0.25, -0.2) is 0 Å². The van der Waals surface area contributed by atoms with E-state index in [1.807, 2.05) is 19.1 Å². The molecule has 1 saturated heterocycles. The van der Waals surface area contributed by atoms with E-state index in [0.29, 0.717) is 24.7 Å². The predicted octanol–water partition coefficient (Wildman–Crippen LogP) is 1.73. The van der Waals surface area contributed by atoms with Gasteiger partial charge >= 0.3 is 0 Å². The van der Waals surface area contributed by atoms with Crippen molar-refractivity contribution >= 4 is 0 Å². The molecule has 0 radical (unpaired) electrons. The molecule has 2 heterocycles. The summed E-state index contributed by atoms with van der Waals surface area (Å²) in [6.45, 7) is 2.34. The van der Waals surface area contributed by atoms with Crippen LogP contribution in [0.1, 0.15) is 36.7 Å². The minimum atomic E-state index is -0.903. The molecule has 1 aromatic carbocycles. The number of aliphatic hydroxyl groups excluding tert-OH is 1. The Morgan fingerprint density at radius 1 is 1.44 bits per heavy atom. The van der Waals surface area contributed by atoms with Crippen LogP contribution in [0.4, 0.5) is 0 Å². The van der Waals surface area contributed by atoms with Gasteiger partial charge in [0.05, 0.1) is 18.1 Å². The van der Waals surface area contributed by atoms with Gasteiger partial charge in [-0.3, -0.25) is 0 Å². The second-order valence-corrected chi connectivity index (χ2v) is 5.13. The van der Waals surface area contributed by atoms with Crippen LogP contribution in [0.25, 0.3) is 0 Å². The maximum atomic E-state index is 9.99. The molecule has 3 unspecified atom stereocenters. The third kappa shape index (κ3) is 1.37. The Hall–Kier alpha value is -1.10. The SMILES string of the molecule is CCOC(O)c1cccc2c1OC1C[C@H]3O[C@H]3C21. The summed E-state index contributed by atoms with van der Waals surface area (Å²) in [5, 5.41) is 9.99. The number of aliphatic hydroxyl groups is 1. The zero-order chi connectivity index (χ0) is 12.3. The lowest BCUT2D eigenvalue weighted by Gasteiger charge is -2.15. The van der Waals surface area contributed by atoms with Crippen molar-refractivity contribution in [2.24, 2.45) is 0 Å². The average molecular weight is 248 g/mol. The maximum absolute atomic E-state index is 9.99. The second kappa shape index (κ2) is 3.70. The molecule has 0 spiro atoms. The van der Waals surface area contributed by atoms with Crippen LogP contribution < -0.4 is 4.74 Å². The molecule has 2 fully saturated rings. The van der Waals surface area contributed by atoms with Crippen LogP contribution in [0.3, 0.4) is 0 Å². The molecule has 1 saturated carbocycles. The molecular weight excluding hydrogens is 232 g/mol. The van der Waals surface area contributed by atoms with Crippen LogP contribution in [-0.4, -0.2) is 30.0 Å². The third-order valence-electron chi connectivity index (χ3n) is 4.14. The zero-order valence-corrected chi connectivity index (χ0v) is 10.2. The number of ether oxygens (including phenoxy) is 3. The van der Waals surface area contributed by atoms with E-state index in [1.54, 1.807) is 0 Å². The van der Waals surface area contributed by atoms with Crippen LogP contribution in [0.15, 0.2) is 18.2 Å². The number of benzene rings is 1. The molecule has 0 aromatic heterocycles. The summed E-state index contributed by atoms with van der Waals surface area (Å²) in [6, 6.07) is 5.90. The zero-order valence-electron chi connectivity index (χ0n) is 10.2. The van der Waals surface area contributed by atoms with Gasteiger partial charge in [-0.2, -0.15) is 0 Å². The number of fused-ring (bicyclic) bond motifs is 5. The number of para-hydroxylation sites is 1. The fourth-order valence-electron chi connectivity index (χ4n) is 3.31. The fourth-order valence-corrected chi connectivity index (χ4v) is 3.31. The van der Waals surface area contributed by atoms with E-state index < -0.39 is 6.29 Å². The van der Waals surface area contributed by atoms with Crippen LogP contribution in [-0.2, 0) is 9.47 Å². The highest BCUT2D eigenvalue weighted by molar-refractivity contribution is 5.50. The third-order valence-corrected chi connectivity index (χ3v) is 4.14. The van der Waals surface area contributed by atoms with Crippen molar-refractivity contribution in [2.45, 2.75) is 43.9 Å². The van der Waals surface area contributed by atoms with Gasteiger partial charge in [0.25, 0.3) is 0 Å². The quantitative estimate of drug-likeness (QED) is 0.653. The van der Waals surface area contributed by atoms with Gasteiger partial charge in [0.2, 0.25) is 0 Å². The van der Waals surface area contributed by atoms with Crippen molar-refractivity contribution in [3.05, 3.63) is 29.3 Å². The predicted molar refractivity (Wildman–Crippen MR) is 63.5 cm³/mol. The van der Waals surface area contributed by atoms with E-state index in [4.69, 9.17) is 14.2 Å². The average Bonchev–Trinajstić information content (AvgIpc) is 2.87. The van der Waals surface area contributed by atoms with Crippen LogP contribution in [0.2, 0.25) is 0 Å². The smallest absolute Gasteiger partial charge is 0.184 e. The van der Waals surface area contributed by atoms with Crippen molar-refractivity contribution in [3.63, 3.8) is 0 Å². The van der Waals surface area contributed by atoms with Gasteiger partial charge in [0.15, 0.2) is 6.29 Å². The summed E-state index contributed by atoms with van der Waals surface area (Å²) in [5.74, 6) is 1.15. The largest absolute Gasteiger partial charge is 0.489 e. The minimum Gasteiger partial charge on any atom is -0.489 e. The van der Waals surface area contributed by atoms with Gasteiger partial charge in [-0.1, -0.05) is 18.2 Å². The summed E-state index contributed by atoms with van der Waals surface area (Å²) in [7, 11) is 0. The molecule has 2 aliphatic heterocycles. The summed E-state index contributed by atoms with van der Waals surface area (Å²) < 4.78 is 16.9. The Balaban J connectivity index is 1.72. The first-order valence-corrected chi connectivity index (χ1v) is 6.54. The summed E-state index contributed by atoms with van der Waals surface area (Å²) in [5.41, 5.74) is 1.90. The normalized spacial score (nSPS) is 36.6. The van der Waals surface area contributed by atoms with E-state index in [0.717, 1.165) is 17.7 Å². The highest BCUT2D eigenvalue weighted by atomic mass is 16.6. The lowest BCUT2D eigenvalue weighted by Crippen LogP contribution is -2.17. The minimum absolute atomic E-state index is 0.221. The van der Waals surface area contributed by atoms with Crippen molar-refractivity contribution in [2.75, 3.05) is 6.61 Å². The topological polar surface area (TPSA) is 51.2 Å². The van der Waals surface area contributed by atoms with Gasteiger partial charge in [0, 0.05) is 24.2 Å². The first kappa shape index (κ1) is 10.8. The molecule has 96 valence electrons. The van der Waals surface area contributed by atoms with Crippen molar-refractivity contribution < 1.29 is 19.3 Å². The number of hydrogen-bond donors (Lipinski definition) is 1. The van der Waals surface area contributed by atoms with E-state index in [2.05, 4.69) is 6.07 Å². The number of hydrogen-bond acceptors (Lipinski definition) is 4. The Morgan fingerprint density at radius 3 is 3.17 bits per heavy atom. The highest BCUT2D eigenvalue weighted by Gasteiger charge is 2.60. The first-order chi connectivity index (χ1) is 8.79. The molecule has 0 bridgehead atoms. The summed E-state index contributed by atoms with van der Waals surface area (Å²) in [6.07, 6.45) is 1.01. The van der Waals surface area contributed by atoms with Crippen LogP contribution >= 0.6 is 0 Å². The van der Waals surface area contributed by atoms with Crippen molar-refractivity contribution in [1.29, 1.82) is 0 Å². The molecule has 3 aliphatic rings. The Bertz CT molecular complexity index is 487. The number of rotatable bonds is 3. The monoisotopic (exact) mass is 248 g/mol. The van der Waals surface area contributed by atoms with Crippen LogP contribution in [0, 0.1) is 0 Å². The van der Waals surface area contributed by atoms with Crippen molar-refractivity contribution in [1.82, 2.24) is 0 Å². The summed E-state index contributed by atoms with van der Waals surface area (Å²) >= 11 is 0. The standard InChI is InChI=1S/C14H16O4/c1-2-16-14(15)8-5-3-4-7-11-9(17-12(7)8)6-10-13(11)18-10/h3-5,9-11,13-15H,2,6H2,1H3/t9?,10-,11?,13-,14?/m1/s1. The van der Waals surface area contributed by atoms with E-state index >= 15 is 0 Å². The molecule has 1 N–H and O–H groups in total. The molecule has 4 heteroatoms. The molecule has 4 nitrogen and oxygen atoms in total. The molecule has 1 aliphatic carbocycles. The van der Waals surface area contributed by atoms with Gasteiger partial charge in [0.1, 0.15) is 11.9 Å². The first-order valence-electron chi connectivity index (χ1n) is 6.54. The number of epoxide rings is 1. The van der Waals surface area contributed by atoms with Gasteiger partial charge < -0.3 is 19.3 Å². The maximum Gasteiger partial charge on any atom is 0.184 e. The molecule has 4 rings (SSSR count). The van der Waals surface area contributed by atoms with Crippen molar-refractivity contribution in [3.8, 4) is 5.75 Å². The van der Waals surface area contributed by atoms with E-state index in [9.17, 15) is 5.11 Å². The fraction of sp³-hybridized carbons (Fsp3) is 0.571. The molecule has 5 atom stereocenters. The van der Waals surface area contributed by atoms with Gasteiger partial charge in [-0.15, -0.1) is 0 Å². The molecule has 0 amide bonds. The van der Waals surface area contributed by atoms with Gasteiger partial charge in [-0.05, 0) is 6.92 Å². The lowest BCUT2D eigenvalue weighted by atomic mass is 9.95. The molecule has 1 aromatic rings. The molecule has 18 heavy (non-hydrogen) atoms. The Labute approximate surface area is 105 Å². The van der Waals surface area contributed by atoms with E-state index in [1.165, 1.54) is 5.56 Å². The highest BCUT2D eigenvalue weighted by Crippen LogP contribution is 2.56. The van der Waals surface area contributed by atoms with E-state index in [-0.39, 0.29) is 6.10 Å². The summed E-state index contributed by atoms with van der Waals surface area (Å²) in [4.78, 5) is 0. The lowest BCUT2D eigenvalue weighted by molar-refractivity contribution is -0.0992. The molecular formula is C14H16O4. The van der Waals surface area contributed by atoms with Crippen LogP contribution in [0.5, 0.6) is 5.75 Å². The Kier molecular flexibility index (Phi) is 2.22.